The molecule has 1 aromatic rings. The molecule has 1 aliphatic rings. The van der Waals surface area contributed by atoms with Gasteiger partial charge in [0.1, 0.15) is 5.82 Å². The average molecular weight is 222 g/mol. The van der Waals surface area contributed by atoms with Crippen molar-refractivity contribution in [1.29, 1.82) is 0 Å². The van der Waals surface area contributed by atoms with Crippen molar-refractivity contribution in [3.8, 4) is 0 Å². The highest BCUT2D eigenvalue weighted by molar-refractivity contribution is 5.97. The molecule has 1 saturated heterocycles. The summed E-state index contributed by atoms with van der Waals surface area (Å²) in [5.41, 5.74) is 0.770. The molecule has 0 saturated carbocycles. The van der Waals surface area contributed by atoms with Crippen molar-refractivity contribution in [3.63, 3.8) is 0 Å². The van der Waals surface area contributed by atoms with E-state index in [0.29, 0.717) is 6.54 Å². The van der Waals surface area contributed by atoms with Crippen molar-refractivity contribution in [2.24, 2.45) is 0 Å². The highest BCUT2D eigenvalue weighted by Crippen LogP contribution is 2.21. The summed E-state index contributed by atoms with van der Waals surface area (Å²) in [5.74, 6) is -0.210. The standard InChI is InChI=1S/C12H15FN2O/c1-14-11-3-2-8-15(12(11)16)10-6-4-9(13)5-7-10/h4-7,11,14H,2-3,8H2,1H3. The Hall–Kier alpha value is -1.42. The number of halogens is 1. The van der Waals surface area contributed by atoms with Crippen LogP contribution in [0.3, 0.4) is 0 Å². The first-order valence-corrected chi connectivity index (χ1v) is 5.46. The predicted molar refractivity (Wildman–Crippen MR) is 60.8 cm³/mol. The second kappa shape index (κ2) is 4.61. The van der Waals surface area contributed by atoms with E-state index in [1.807, 2.05) is 0 Å². The number of amides is 1. The number of benzene rings is 1. The van der Waals surface area contributed by atoms with E-state index in [0.717, 1.165) is 18.5 Å². The summed E-state index contributed by atoms with van der Waals surface area (Å²) >= 11 is 0. The molecule has 0 aliphatic carbocycles. The largest absolute Gasteiger partial charge is 0.311 e. The Bertz CT molecular complexity index is 377. The smallest absolute Gasteiger partial charge is 0.244 e. The minimum atomic E-state index is -0.279. The Morgan fingerprint density at radius 2 is 2.06 bits per heavy atom. The summed E-state index contributed by atoms with van der Waals surface area (Å²) in [5, 5.41) is 3.00. The molecule has 1 aromatic carbocycles. The van der Waals surface area contributed by atoms with Crippen LogP contribution in [0, 0.1) is 5.82 Å². The minimum absolute atomic E-state index is 0.0698. The molecule has 4 heteroatoms. The van der Waals surface area contributed by atoms with E-state index in [1.165, 1.54) is 12.1 Å². The van der Waals surface area contributed by atoms with Gasteiger partial charge >= 0.3 is 0 Å². The molecule has 0 spiro atoms. The summed E-state index contributed by atoms with van der Waals surface area (Å²) in [6.07, 6.45) is 1.83. The van der Waals surface area contributed by atoms with Gasteiger partial charge in [0.05, 0.1) is 6.04 Å². The number of rotatable bonds is 2. The van der Waals surface area contributed by atoms with Crippen molar-refractivity contribution in [3.05, 3.63) is 30.1 Å². The molecule has 1 amide bonds. The van der Waals surface area contributed by atoms with Crippen molar-refractivity contribution in [1.82, 2.24) is 5.32 Å². The van der Waals surface area contributed by atoms with Crippen LogP contribution in [0.25, 0.3) is 0 Å². The molecule has 1 unspecified atom stereocenters. The normalized spacial score (nSPS) is 21.2. The molecule has 86 valence electrons. The van der Waals surface area contributed by atoms with Crippen LogP contribution >= 0.6 is 0 Å². The molecule has 1 atom stereocenters. The van der Waals surface area contributed by atoms with Crippen LogP contribution in [-0.4, -0.2) is 25.5 Å². The Balaban J connectivity index is 2.20. The maximum absolute atomic E-state index is 12.8. The van der Waals surface area contributed by atoms with Crippen LogP contribution in [0.5, 0.6) is 0 Å². The molecule has 1 N–H and O–H groups in total. The van der Waals surface area contributed by atoms with Crippen molar-refractivity contribution >= 4 is 11.6 Å². The summed E-state index contributed by atoms with van der Waals surface area (Å²) in [6.45, 7) is 0.711. The van der Waals surface area contributed by atoms with Crippen molar-refractivity contribution in [2.45, 2.75) is 18.9 Å². The van der Waals surface area contributed by atoms with Gasteiger partial charge in [0.25, 0.3) is 0 Å². The molecule has 2 rings (SSSR count). The number of carbonyl (C=O) groups is 1. The van der Waals surface area contributed by atoms with Crippen LogP contribution in [0.1, 0.15) is 12.8 Å². The number of nitrogens with zero attached hydrogens (tertiary/aromatic N) is 1. The van der Waals surface area contributed by atoms with Gasteiger partial charge in [0.15, 0.2) is 0 Å². The fourth-order valence-corrected chi connectivity index (χ4v) is 2.02. The number of hydrogen-bond acceptors (Lipinski definition) is 2. The Labute approximate surface area is 94.3 Å². The maximum Gasteiger partial charge on any atom is 0.244 e. The monoisotopic (exact) mass is 222 g/mol. The van der Waals surface area contributed by atoms with Crippen LogP contribution in [0.15, 0.2) is 24.3 Å². The maximum atomic E-state index is 12.8. The quantitative estimate of drug-likeness (QED) is 0.823. The highest BCUT2D eigenvalue weighted by Gasteiger charge is 2.28. The Morgan fingerprint density at radius 3 is 2.69 bits per heavy atom. The van der Waals surface area contributed by atoms with E-state index in [-0.39, 0.29) is 17.8 Å². The van der Waals surface area contributed by atoms with Gasteiger partial charge in [-0.25, -0.2) is 4.39 Å². The van der Waals surface area contributed by atoms with Crippen LogP contribution in [0.2, 0.25) is 0 Å². The summed E-state index contributed by atoms with van der Waals surface area (Å²) in [6, 6.07) is 5.94. The molecular formula is C12H15FN2O. The van der Waals surface area contributed by atoms with Gasteiger partial charge < -0.3 is 10.2 Å². The SMILES string of the molecule is CNC1CCCN(c2ccc(F)cc2)C1=O. The summed E-state index contributed by atoms with van der Waals surface area (Å²) < 4.78 is 12.8. The van der Waals surface area contributed by atoms with Gasteiger partial charge in [0, 0.05) is 12.2 Å². The van der Waals surface area contributed by atoms with Crippen LogP contribution in [-0.2, 0) is 4.79 Å². The summed E-state index contributed by atoms with van der Waals surface area (Å²) in [4.78, 5) is 13.7. The van der Waals surface area contributed by atoms with Gasteiger partial charge in [-0.3, -0.25) is 4.79 Å². The zero-order chi connectivity index (χ0) is 11.5. The lowest BCUT2D eigenvalue weighted by atomic mass is 10.0. The third-order valence-corrected chi connectivity index (χ3v) is 2.93. The molecule has 1 aliphatic heterocycles. The zero-order valence-corrected chi connectivity index (χ0v) is 9.24. The molecule has 0 bridgehead atoms. The first-order chi connectivity index (χ1) is 7.72. The highest BCUT2D eigenvalue weighted by atomic mass is 19.1. The lowest BCUT2D eigenvalue weighted by Crippen LogP contribution is -2.49. The fourth-order valence-electron chi connectivity index (χ4n) is 2.02. The number of hydrogen-bond donors (Lipinski definition) is 1. The fraction of sp³-hybridized carbons (Fsp3) is 0.417. The van der Waals surface area contributed by atoms with E-state index in [4.69, 9.17) is 0 Å². The molecular weight excluding hydrogens is 207 g/mol. The average Bonchev–Trinajstić information content (AvgIpc) is 2.31. The molecule has 0 aromatic heterocycles. The molecule has 1 fully saturated rings. The summed E-state index contributed by atoms with van der Waals surface area (Å²) in [7, 11) is 1.79. The zero-order valence-electron chi connectivity index (χ0n) is 9.24. The van der Waals surface area contributed by atoms with Crippen molar-refractivity contribution < 1.29 is 9.18 Å². The third-order valence-electron chi connectivity index (χ3n) is 2.93. The van der Waals surface area contributed by atoms with Gasteiger partial charge in [-0.1, -0.05) is 0 Å². The molecule has 16 heavy (non-hydrogen) atoms. The molecule has 3 nitrogen and oxygen atoms in total. The van der Waals surface area contributed by atoms with Crippen molar-refractivity contribution in [2.75, 3.05) is 18.5 Å². The topological polar surface area (TPSA) is 32.3 Å². The van der Waals surface area contributed by atoms with Crippen LogP contribution < -0.4 is 10.2 Å². The number of anilines is 1. The van der Waals surface area contributed by atoms with Crippen LogP contribution in [0.4, 0.5) is 10.1 Å². The molecule has 1 heterocycles. The number of piperidine rings is 1. The van der Waals surface area contributed by atoms with E-state index in [9.17, 15) is 9.18 Å². The third kappa shape index (κ3) is 2.07. The predicted octanol–water partition coefficient (Wildman–Crippen LogP) is 1.54. The first-order valence-electron chi connectivity index (χ1n) is 5.46. The Morgan fingerprint density at radius 1 is 1.38 bits per heavy atom. The lowest BCUT2D eigenvalue weighted by Gasteiger charge is -2.32. The number of carbonyl (C=O) groups excluding carboxylic acids is 1. The van der Waals surface area contributed by atoms with E-state index in [2.05, 4.69) is 5.32 Å². The van der Waals surface area contributed by atoms with Gasteiger partial charge in [-0.15, -0.1) is 0 Å². The minimum Gasteiger partial charge on any atom is -0.311 e. The van der Waals surface area contributed by atoms with Gasteiger partial charge in [-0.05, 0) is 44.2 Å². The second-order valence-corrected chi connectivity index (χ2v) is 3.95. The van der Waals surface area contributed by atoms with E-state index < -0.39 is 0 Å². The second-order valence-electron chi connectivity index (χ2n) is 3.95. The van der Waals surface area contributed by atoms with E-state index >= 15 is 0 Å². The van der Waals surface area contributed by atoms with Gasteiger partial charge in [0.2, 0.25) is 5.91 Å². The lowest BCUT2D eigenvalue weighted by molar-refractivity contribution is -0.121. The molecule has 0 radical (unpaired) electrons. The van der Waals surface area contributed by atoms with Gasteiger partial charge in [-0.2, -0.15) is 0 Å². The number of nitrogens with one attached hydrogen (secondary N) is 1. The Kier molecular flexibility index (Phi) is 3.19. The van der Waals surface area contributed by atoms with E-state index in [1.54, 1.807) is 24.1 Å². The number of likely N-dealkylation sites (N-methyl/N-ethyl adjacent to an activating group) is 1. The first kappa shape index (κ1) is 11.1.